The number of rotatable bonds is 2. The second-order valence-corrected chi connectivity index (χ2v) is 5.94. The molecule has 0 aliphatic carbocycles. The second kappa shape index (κ2) is 6.12. The predicted octanol–water partition coefficient (Wildman–Crippen LogP) is 2.86. The van der Waals surface area contributed by atoms with Gasteiger partial charge in [-0.1, -0.05) is 40.2 Å². The van der Waals surface area contributed by atoms with Gasteiger partial charge in [-0.3, -0.25) is 9.78 Å². The van der Waals surface area contributed by atoms with Gasteiger partial charge in [-0.15, -0.1) is 0 Å². The van der Waals surface area contributed by atoms with Crippen molar-refractivity contribution >= 4 is 32.6 Å². The van der Waals surface area contributed by atoms with Gasteiger partial charge < -0.3 is 9.64 Å². The maximum absolute atomic E-state index is 12.9. The molecule has 1 aliphatic rings. The number of pyridine rings is 1. The summed E-state index contributed by atoms with van der Waals surface area (Å²) in [6, 6.07) is 9.84. The number of carbonyl (C=O) groups is 1. The lowest BCUT2D eigenvalue weighted by atomic mass is 10.1. The van der Waals surface area contributed by atoms with Gasteiger partial charge in [-0.2, -0.15) is 0 Å². The van der Waals surface area contributed by atoms with Crippen LogP contribution in [0.5, 0.6) is 0 Å². The van der Waals surface area contributed by atoms with Gasteiger partial charge in [0.2, 0.25) is 0 Å². The highest BCUT2D eigenvalue weighted by atomic mass is 79.9. The summed E-state index contributed by atoms with van der Waals surface area (Å²) in [5.74, 6) is -0.0199. The van der Waals surface area contributed by atoms with Gasteiger partial charge in [-0.05, 0) is 18.4 Å². The van der Waals surface area contributed by atoms with Crippen LogP contribution in [0.25, 0.3) is 10.8 Å². The maximum Gasteiger partial charge on any atom is 0.273 e. The maximum atomic E-state index is 12.9. The van der Waals surface area contributed by atoms with Crippen LogP contribution >= 0.6 is 15.9 Å². The minimum atomic E-state index is -0.0199. The summed E-state index contributed by atoms with van der Waals surface area (Å²) in [7, 11) is 0. The molecule has 110 valence electrons. The number of fused-ring (bicyclic) bond motifs is 1. The van der Waals surface area contributed by atoms with Gasteiger partial charge >= 0.3 is 0 Å². The van der Waals surface area contributed by atoms with E-state index >= 15 is 0 Å². The fourth-order valence-corrected chi connectivity index (χ4v) is 3.01. The molecule has 2 atom stereocenters. The summed E-state index contributed by atoms with van der Waals surface area (Å²) in [6.07, 6.45) is 1.74. The largest absolute Gasteiger partial charge is 0.373 e. The van der Waals surface area contributed by atoms with Crippen molar-refractivity contribution in [3.8, 4) is 0 Å². The molecule has 2 unspecified atom stereocenters. The van der Waals surface area contributed by atoms with Gasteiger partial charge in [0.05, 0.1) is 18.8 Å². The molecular weight excluding hydrogens is 332 g/mol. The summed E-state index contributed by atoms with van der Waals surface area (Å²) in [5, 5.41) is 2.67. The molecule has 1 aliphatic heterocycles. The normalized spacial score (nSPS) is 22.5. The molecule has 1 aromatic carbocycles. The van der Waals surface area contributed by atoms with Crippen molar-refractivity contribution in [1.29, 1.82) is 0 Å². The van der Waals surface area contributed by atoms with E-state index in [0.29, 0.717) is 18.8 Å². The molecule has 3 rings (SSSR count). The molecule has 0 bridgehead atoms. The standard InChI is InChI=1S/C16H17BrN2O2/c1-11-10-21-13(8-17)9-19(11)16(20)15-14-5-3-2-4-12(14)6-7-18-15/h2-7,11,13H,8-10H2,1H3. The quantitative estimate of drug-likeness (QED) is 0.783. The van der Waals surface area contributed by atoms with Crippen molar-refractivity contribution in [3.63, 3.8) is 0 Å². The number of nitrogens with zero attached hydrogens (tertiary/aromatic N) is 2. The average molecular weight is 349 g/mol. The Morgan fingerprint density at radius 3 is 3.05 bits per heavy atom. The van der Waals surface area contributed by atoms with Crippen LogP contribution in [-0.2, 0) is 4.74 Å². The van der Waals surface area contributed by atoms with E-state index in [1.54, 1.807) is 6.20 Å². The van der Waals surface area contributed by atoms with Crippen LogP contribution in [-0.4, -0.2) is 46.4 Å². The number of hydrogen-bond acceptors (Lipinski definition) is 3. The van der Waals surface area contributed by atoms with E-state index in [-0.39, 0.29) is 18.1 Å². The Labute approximate surface area is 132 Å². The Balaban J connectivity index is 1.96. The Kier molecular flexibility index (Phi) is 4.22. The van der Waals surface area contributed by atoms with Crippen LogP contribution in [0.4, 0.5) is 0 Å². The first-order valence-electron chi connectivity index (χ1n) is 7.03. The van der Waals surface area contributed by atoms with E-state index in [2.05, 4.69) is 20.9 Å². The van der Waals surface area contributed by atoms with Crippen LogP contribution in [0.2, 0.25) is 0 Å². The number of amides is 1. The number of alkyl halides is 1. The number of aromatic nitrogens is 1. The molecule has 1 saturated heterocycles. The smallest absolute Gasteiger partial charge is 0.273 e. The SMILES string of the molecule is CC1COC(CBr)CN1C(=O)c1nccc2ccccc12. The zero-order chi connectivity index (χ0) is 14.8. The molecule has 0 saturated carbocycles. The third kappa shape index (κ3) is 2.80. The van der Waals surface area contributed by atoms with Gasteiger partial charge in [0.25, 0.3) is 5.91 Å². The summed E-state index contributed by atoms with van der Waals surface area (Å²) >= 11 is 3.42. The lowest BCUT2D eigenvalue weighted by molar-refractivity contribution is -0.0362. The number of carbonyl (C=O) groups excluding carboxylic acids is 1. The molecule has 0 N–H and O–H groups in total. The first-order valence-corrected chi connectivity index (χ1v) is 8.15. The van der Waals surface area contributed by atoms with E-state index in [1.807, 2.05) is 42.2 Å². The van der Waals surface area contributed by atoms with Crippen molar-refractivity contribution in [1.82, 2.24) is 9.88 Å². The number of morpholine rings is 1. The number of hydrogen-bond donors (Lipinski definition) is 0. The zero-order valence-electron chi connectivity index (χ0n) is 11.8. The number of halogens is 1. The third-order valence-electron chi connectivity index (χ3n) is 3.81. The molecule has 1 fully saturated rings. The molecule has 2 heterocycles. The van der Waals surface area contributed by atoms with Gasteiger partial charge in [0.1, 0.15) is 5.69 Å². The fourth-order valence-electron chi connectivity index (χ4n) is 2.62. The lowest BCUT2D eigenvalue weighted by Crippen LogP contribution is -2.51. The van der Waals surface area contributed by atoms with E-state index in [9.17, 15) is 4.79 Å². The molecule has 0 spiro atoms. The van der Waals surface area contributed by atoms with Crippen molar-refractivity contribution < 1.29 is 9.53 Å². The monoisotopic (exact) mass is 348 g/mol. The Hall–Kier alpha value is -1.46. The van der Waals surface area contributed by atoms with Crippen LogP contribution in [0, 0.1) is 0 Å². The van der Waals surface area contributed by atoms with E-state index in [4.69, 9.17) is 4.74 Å². The van der Waals surface area contributed by atoms with Crippen LogP contribution in [0.15, 0.2) is 36.5 Å². The Morgan fingerprint density at radius 2 is 2.24 bits per heavy atom. The van der Waals surface area contributed by atoms with Crippen molar-refractivity contribution in [2.75, 3.05) is 18.5 Å². The van der Waals surface area contributed by atoms with E-state index in [1.165, 1.54) is 0 Å². The highest BCUT2D eigenvalue weighted by Crippen LogP contribution is 2.21. The predicted molar refractivity (Wildman–Crippen MR) is 85.8 cm³/mol. The summed E-state index contributed by atoms with van der Waals surface area (Å²) in [4.78, 5) is 19.1. The summed E-state index contributed by atoms with van der Waals surface area (Å²) < 4.78 is 5.68. The molecule has 5 heteroatoms. The molecule has 2 aromatic rings. The van der Waals surface area contributed by atoms with E-state index < -0.39 is 0 Å². The molecule has 21 heavy (non-hydrogen) atoms. The van der Waals surface area contributed by atoms with Crippen molar-refractivity contribution in [2.45, 2.75) is 19.1 Å². The fraction of sp³-hybridized carbons (Fsp3) is 0.375. The van der Waals surface area contributed by atoms with Gasteiger partial charge in [0.15, 0.2) is 0 Å². The van der Waals surface area contributed by atoms with Crippen molar-refractivity contribution in [2.24, 2.45) is 0 Å². The Bertz CT molecular complexity index is 656. The van der Waals surface area contributed by atoms with Crippen LogP contribution < -0.4 is 0 Å². The molecule has 1 aromatic heterocycles. The Morgan fingerprint density at radius 1 is 1.43 bits per heavy atom. The lowest BCUT2D eigenvalue weighted by Gasteiger charge is -2.37. The zero-order valence-corrected chi connectivity index (χ0v) is 13.4. The van der Waals surface area contributed by atoms with Crippen LogP contribution in [0.1, 0.15) is 17.4 Å². The van der Waals surface area contributed by atoms with Crippen LogP contribution in [0.3, 0.4) is 0 Å². The summed E-state index contributed by atoms with van der Waals surface area (Å²) in [6.45, 7) is 3.16. The van der Waals surface area contributed by atoms with E-state index in [0.717, 1.165) is 16.1 Å². The van der Waals surface area contributed by atoms with Gasteiger partial charge in [0, 0.05) is 23.5 Å². The molecule has 4 nitrogen and oxygen atoms in total. The first kappa shape index (κ1) is 14.5. The minimum Gasteiger partial charge on any atom is -0.373 e. The topological polar surface area (TPSA) is 42.4 Å². The highest BCUT2D eigenvalue weighted by Gasteiger charge is 2.31. The molecule has 1 amide bonds. The highest BCUT2D eigenvalue weighted by molar-refractivity contribution is 9.09. The first-order chi connectivity index (χ1) is 10.2. The average Bonchev–Trinajstić information content (AvgIpc) is 2.54. The van der Waals surface area contributed by atoms with Crippen molar-refractivity contribution in [3.05, 3.63) is 42.2 Å². The summed E-state index contributed by atoms with van der Waals surface area (Å²) in [5.41, 5.74) is 0.523. The van der Waals surface area contributed by atoms with Gasteiger partial charge in [-0.25, -0.2) is 0 Å². The third-order valence-corrected chi connectivity index (χ3v) is 4.54. The number of benzene rings is 1. The second-order valence-electron chi connectivity index (χ2n) is 5.30. The minimum absolute atomic E-state index is 0.0199. The number of ether oxygens (including phenoxy) is 1. The molecular formula is C16H17BrN2O2. The molecule has 0 radical (unpaired) electrons.